The van der Waals surface area contributed by atoms with Gasteiger partial charge in [0.15, 0.2) is 0 Å². The fourth-order valence-electron chi connectivity index (χ4n) is 3.15. The molecule has 0 saturated carbocycles. The van der Waals surface area contributed by atoms with E-state index in [1.54, 1.807) is 31.2 Å². The lowest BCUT2D eigenvalue weighted by Crippen LogP contribution is -2.43. The second-order valence-corrected chi connectivity index (χ2v) is 8.12. The summed E-state index contributed by atoms with van der Waals surface area (Å²) in [6.45, 7) is 2.06. The number of carbonyl (C=O) groups is 1. The van der Waals surface area contributed by atoms with Gasteiger partial charge in [0.1, 0.15) is 11.8 Å². The summed E-state index contributed by atoms with van der Waals surface area (Å²) >= 11 is 0. The van der Waals surface area contributed by atoms with Crippen molar-refractivity contribution < 1.29 is 17.9 Å². The monoisotopic (exact) mass is 374 g/mol. The smallest absolute Gasteiger partial charge is 0.244 e. The van der Waals surface area contributed by atoms with Crippen LogP contribution in [0.25, 0.3) is 0 Å². The number of anilines is 1. The number of amides is 1. The molecule has 1 saturated heterocycles. The third-order valence-corrected chi connectivity index (χ3v) is 6.58. The van der Waals surface area contributed by atoms with Gasteiger partial charge in [-0.3, -0.25) is 4.79 Å². The van der Waals surface area contributed by atoms with Crippen LogP contribution in [0.15, 0.2) is 53.4 Å². The van der Waals surface area contributed by atoms with Crippen LogP contribution < -0.4 is 10.1 Å². The van der Waals surface area contributed by atoms with Crippen LogP contribution in [-0.4, -0.2) is 38.3 Å². The van der Waals surface area contributed by atoms with E-state index in [1.165, 1.54) is 17.5 Å². The molecule has 0 aliphatic carbocycles. The Morgan fingerprint density at radius 3 is 2.62 bits per heavy atom. The highest BCUT2D eigenvalue weighted by Crippen LogP contribution is 2.30. The summed E-state index contributed by atoms with van der Waals surface area (Å²) in [5, 5.41) is 2.80. The van der Waals surface area contributed by atoms with Gasteiger partial charge in [0.05, 0.1) is 12.0 Å². The number of benzene rings is 2. The minimum atomic E-state index is -3.80. The summed E-state index contributed by atoms with van der Waals surface area (Å²) < 4.78 is 32.8. The SMILES string of the molecule is COc1ccc(C)c(S(=O)(=O)N2CCC[C@H]2C(=O)Nc2ccccc2)c1. The van der Waals surface area contributed by atoms with E-state index >= 15 is 0 Å². The molecule has 0 aromatic heterocycles. The van der Waals surface area contributed by atoms with Gasteiger partial charge in [-0.1, -0.05) is 24.3 Å². The molecule has 1 aliphatic rings. The van der Waals surface area contributed by atoms with Gasteiger partial charge in [-0.05, 0) is 43.5 Å². The van der Waals surface area contributed by atoms with E-state index in [0.29, 0.717) is 36.4 Å². The number of sulfonamides is 1. The number of methoxy groups -OCH3 is 1. The normalized spacial score (nSPS) is 17.8. The molecule has 2 aromatic rings. The van der Waals surface area contributed by atoms with Crippen LogP contribution in [0.5, 0.6) is 5.75 Å². The van der Waals surface area contributed by atoms with Gasteiger partial charge in [-0.15, -0.1) is 0 Å². The maximum absolute atomic E-state index is 13.2. The molecule has 1 aliphatic heterocycles. The lowest BCUT2D eigenvalue weighted by Gasteiger charge is -2.24. The number of ether oxygens (including phenoxy) is 1. The number of hydrogen-bond acceptors (Lipinski definition) is 4. The first-order valence-corrected chi connectivity index (χ1v) is 9.90. The number of para-hydroxylation sites is 1. The molecule has 26 heavy (non-hydrogen) atoms. The van der Waals surface area contributed by atoms with Gasteiger partial charge in [0.25, 0.3) is 0 Å². The molecule has 0 unspecified atom stereocenters. The Kier molecular flexibility index (Phi) is 5.29. The van der Waals surface area contributed by atoms with Crippen LogP contribution in [0, 0.1) is 6.92 Å². The Balaban J connectivity index is 1.88. The maximum Gasteiger partial charge on any atom is 0.244 e. The topological polar surface area (TPSA) is 75.7 Å². The van der Waals surface area contributed by atoms with Gasteiger partial charge in [0, 0.05) is 18.3 Å². The lowest BCUT2D eigenvalue weighted by atomic mass is 10.2. The fourth-order valence-corrected chi connectivity index (χ4v) is 5.05. The molecule has 1 N–H and O–H groups in total. The molecule has 1 fully saturated rings. The Morgan fingerprint density at radius 2 is 1.92 bits per heavy atom. The molecule has 0 spiro atoms. The summed E-state index contributed by atoms with van der Waals surface area (Å²) in [6, 6.07) is 13.3. The van der Waals surface area contributed by atoms with Crippen molar-refractivity contribution in [3.8, 4) is 5.75 Å². The predicted octanol–water partition coefficient (Wildman–Crippen LogP) is 2.80. The first-order valence-electron chi connectivity index (χ1n) is 8.46. The van der Waals surface area contributed by atoms with E-state index in [0.717, 1.165) is 0 Å². The molecule has 1 amide bonds. The number of hydrogen-bond donors (Lipinski definition) is 1. The number of rotatable bonds is 5. The molecule has 1 atom stereocenters. The third kappa shape index (κ3) is 3.59. The first-order chi connectivity index (χ1) is 12.4. The van der Waals surface area contributed by atoms with Crippen LogP contribution in [0.4, 0.5) is 5.69 Å². The van der Waals surface area contributed by atoms with Crippen LogP contribution in [-0.2, 0) is 14.8 Å². The average molecular weight is 374 g/mol. The van der Waals surface area contributed by atoms with Gasteiger partial charge >= 0.3 is 0 Å². The second kappa shape index (κ2) is 7.47. The Labute approximate surface area is 153 Å². The highest BCUT2D eigenvalue weighted by molar-refractivity contribution is 7.89. The number of nitrogens with one attached hydrogen (secondary N) is 1. The molecule has 3 rings (SSSR count). The molecule has 2 aromatic carbocycles. The highest BCUT2D eigenvalue weighted by Gasteiger charge is 2.40. The maximum atomic E-state index is 13.2. The minimum absolute atomic E-state index is 0.177. The number of nitrogens with zero attached hydrogens (tertiary/aromatic N) is 1. The molecule has 1 heterocycles. The number of aryl methyl sites for hydroxylation is 1. The van der Waals surface area contributed by atoms with E-state index < -0.39 is 16.1 Å². The zero-order chi connectivity index (χ0) is 18.7. The summed E-state index contributed by atoms with van der Waals surface area (Å²) in [5.74, 6) is 0.163. The van der Waals surface area contributed by atoms with Crippen molar-refractivity contribution in [2.24, 2.45) is 0 Å². The zero-order valence-corrected chi connectivity index (χ0v) is 15.6. The van der Waals surface area contributed by atoms with E-state index in [1.807, 2.05) is 18.2 Å². The van der Waals surface area contributed by atoms with Crippen molar-refractivity contribution in [3.05, 3.63) is 54.1 Å². The quantitative estimate of drug-likeness (QED) is 0.873. The molecule has 0 bridgehead atoms. The second-order valence-electron chi connectivity index (χ2n) is 6.26. The van der Waals surface area contributed by atoms with Crippen LogP contribution >= 0.6 is 0 Å². The van der Waals surface area contributed by atoms with E-state index in [4.69, 9.17) is 4.74 Å². The number of carbonyl (C=O) groups excluding carboxylic acids is 1. The third-order valence-electron chi connectivity index (χ3n) is 4.53. The Bertz CT molecular complexity index is 897. The fraction of sp³-hybridized carbons (Fsp3) is 0.316. The molecule has 6 nitrogen and oxygen atoms in total. The minimum Gasteiger partial charge on any atom is -0.497 e. The van der Waals surface area contributed by atoms with Crippen molar-refractivity contribution in [3.63, 3.8) is 0 Å². The first kappa shape index (κ1) is 18.4. The van der Waals surface area contributed by atoms with Crippen molar-refractivity contribution in [2.45, 2.75) is 30.7 Å². The predicted molar refractivity (Wildman–Crippen MR) is 99.7 cm³/mol. The van der Waals surface area contributed by atoms with Crippen molar-refractivity contribution in [1.82, 2.24) is 4.31 Å². The molecule has 7 heteroatoms. The average Bonchev–Trinajstić information content (AvgIpc) is 3.14. The Morgan fingerprint density at radius 1 is 1.19 bits per heavy atom. The molecular weight excluding hydrogens is 352 g/mol. The van der Waals surface area contributed by atoms with Gasteiger partial charge in [0.2, 0.25) is 15.9 Å². The molecule has 0 radical (unpaired) electrons. The van der Waals surface area contributed by atoms with E-state index in [9.17, 15) is 13.2 Å². The van der Waals surface area contributed by atoms with E-state index in [2.05, 4.69) is 5.32 Å². The summed E-state index contributed by atoms with van der Waals surface area (Å²) in [7, 11) is -2.30. The zero-order valence-electron chi connectivity index (χ0n) is 14.8. The van der Waals surface area contributed by atoms with Crippen molar-refractivity contribution in [2.75, 3.05) is 19.0 Å². The largest absolute Gasteiger partial charge is 0.497 e. The molecular formula is C19H22N2O4S. The highest BCUT2D eigenvalue weighted by atomic mass is 32.2. The summed E-state index contributed by atoms with van der Waals surface area (Å²) in [6.07, 6.45) is 1.15. The lowest BCUT2D eigenvalue weighted by molar-refractivity contribution is -0.119. The van der Waals surface area contributed by atoms with Crippen LogP contribution in [0.1, 0.15) is 18.4 Å². The van der Waals surface area contributed by atoms with Crippen LogP contribution in [0.3, 0.4) is 0 Å². The van der Waals surface area contributed by atoms with E-state index in [-0.39, 0.29) is 10.8 Å². The Hall–Kier alpha value is -2.38. The molecule has 138 valence electrons. The van der Waals surface area contributed by atoms with Gasteiger partial charge < -0.3 is 10.1 Å². The van der Waals surface area contributed by atoms with Gasteiger partial charge in [-0.2, -0.15) is 4.31 Å². The van der Waals surface area contributed by atoms with Crippen molar-refractivity contribution >= 4 is 21.6 Å². The van der Waals surface area contributed by atoms with Crippen LogP contribution in [0.2, 0.25) is 0 Å². The summed E-state index contributed by atoms with van der Waals surface area (Å²) in [4.78, 5) is 12.8. The van der Waals surface area contributed by atoms with Crippen molar-refractivity contribution in [1.29, 1.82) is 0 Å². The standard InChI is InChI=1S/C19H22N2O4S/c1-14-10-11-16(25-2)13-18(14)26(23,24)21-12-6-9-17(21)19(22)20-15-7-4-3-5-8-15/h3-5,7-8,10-11,13,17H,6,9,12H2,1-2H3,(H,20,22)/t17-/m0/s1. The van der Waals surface area contributed by atoms with Gasteiger partial charge in [-0.25, -0.2) is 8.42 Å². The summed E-state index contributed by atoms with van der Waals surface area (Å²) in [5.41, 5.74) is 1.28.